The number of likely N-dealkylation sites (tertiary alicyclic amines) is 1. The molecule has 1 aliphatic heterocycles. The predicted molar refractivity (Wildman–Crippen MR) is 76.7 cm³/mol. The number of hydrogen-bond donors (Lipinski definition) is 1. The number of benzene rings is 1. The Bertz CT molecular complexity index is 502. The van der Waals surface area contributed by atoms with Crippen LogP contribution in [-0.4, -0.2) is 30.0 Å². The van der Waals surface area contributed by atoms with Gasteiger partial charge in [-0.15, -0.1) is 0 Å². The van der Waals surface area contributed by atoms with E-state index in [1.165, 1.54) is 13.3 Å². The molecule has 2 amide bonds. The summed E-state index contributed by atoms with van der Waals surface area (Å²) in [4.78, 5) is 24.9. The maximum absolute atomic E-state index is 12.2. The van der Waals surface area contributed by atoms with Gasteiger partial charge in [0.15, 0.2) is 0 Å². The average Bonchev–Trinajstić information content (AvgIpc) is 2.38. The number of urea groups is 1. The minimum absolute atomic E-state index is 0.100. The van der Waals surface area contributed by atoms with E-state index >= 15 is 0 Å². The number of nitrogens with one attached hydrogen (secondary N) is 1. The topological polar surface area (TPSA) is 58.6 Å². The summed E-state index contributed by atoms with van der Waals surface area (Å²) in [7, 11) is 0. The van der Waals surface area contributed by atoms with E-state index in [0.717, 1.165) is 19.5 Å². The molecule has 108 valence electrons. The Labute approximate surface area is 118 Å². The molecule has 0 aromatic heterocycles. The third kappa shape index (κ3) is 3.98. The zero-order chi connectivity index (χ0) is 14.5. The molecule has 1 unspecified atom stereocenters. The molecule has 1 heterocycles. The maximum atomic E-state index is 12.2. The van der Waals surface area contributed by atoms with Crippen LogP contribution in [0, 0.1) is 5.92 Å². The highest BCUT2D eigenvalue weighted by Gasteiger charge is 2.20. The molecular weight excluding hydrogens is 256 g/mol. The predicted octanol–water partition coefficient (Wildman–Crippen LogP) is 2.88. The van der Waals surface area contributed by atoms with E-state index in [-0.39, 0.29) is 12.0 Å². The number of carbonyl (C=O) groups excluding carboxylic acids is 2. The summed E-state index contributed by atoms with van der Waals surface area (Å²) in [5.74, 6) is 0.600. The molecule has 5 nitrogen and oxygen atoms in total. The lowest BCUT2D eigenvalue weighted by Crippen LogP contribution is -2.41. The first-order valence-corrected chi connectivity index (χ1v) is 6.89. The number of carbonyl (C=O) groups is 2. The molecule has 1 aliphatic rings. The lowest BCUT2D eigenvalue weighted by Gasteiger charge is -2.30. The van der Waals surface area contributed by atoms with E-state index in [1.54, 1.807) is 24.3 Å². The van der Waals surface area contributed by atoms with Gasteiger partial charge in [0.05, 0.1) is 0 Å². The van der Waals surface area contributed by atoms with Crippen LogP contribution < -0.4 is 10.1 Å². The van der Waals surface area contributed by atoms with Crippen molar-refractivity contribution in [1.29, 1.82) is 0 Å². The zero-order valence-corrected chi connectivity index (χ0v) is 11.9. The van der Waals surface area contributed by atoms with Crippen LogP contribution in [0.25, 0.3) is 0 Å². The molecule has 0 radical (unpaired) electrons. The molecule has 1 fully saturated rings. The molecule has 0 bridgehead atoms. The summed E-state index contributed by atoms with van der Waals surface area (Å²) in [6.45, 7) is 5.08. The Kier molecular flexibility index (Phi) is 4.61. The molecule has 1 atom stereocenters. The molecule has 20 heavy (non-hydrogen) atoms. The SMILES string of the molecule is CC(=O)Oc1cccc(NC(=O)N2CCCC(C)C2)c1. The molecule has 2 rings (SSSR count). The van der Waals surface area contributed by atoms with E-state index in [2.05, 4.69) is 12.2 Å². The van der Waals surface area contributed by atoms with Crippen molar-refractivity contribution in [3.63, 3.8) is 0 Å². The van der Waals surface area contributed by atoms with Crippen LogP contribution in [-0.2, 0) is 4.79 Å². The van der Waals surface area contributed by atoms with Gasteiger partial charge in [-0.25, -0.2) is 4.79 Å². The maximum Gasteiger partial charge on any atom is 0.321 e. The van der Waals surface area contributed by atoms with Crippen LogP contribution in [0.2, 0.25) is 0 Å². The molecule has 0 spiro atoms. The van der Waals surface area contributed by atoms with Crippen molar-refractivity contribution in [3.05, 3.63) is 24.3 Å². The number of anilines is 1. The molecule has 1 aromatic carbocycles. The van der Waals surface area contributed by atoms with Gasteiger partial charge in [0, 0.05) is 31.8 Å². The third-order valence-corrected chi connectivity index (χ3v) is 3.29. The van der Waals surface area contributed by atoms with Crippen molar-refractivity contribution in [2.24, 2.45) is 5.92 Å². The van der Waals surface area contributed by atoms with Gasteiger partial charge in [-0.1, -0.05) is 13.0 Å². The summed E-state index contributed by atoms with van der Waals surface area (Å²) in [6, 6.07) is 6.74. The molecule has 0 aliphatic carbocycles. The fraction of sp³-hybridized carbons (Fsp3) is 0.467. The zero-order valence-electron chi connectivity index (χ0n) is 11.9. The lowest BCUT2D eigenvalue weighted by atomic mass is 10.0. The molecule has 1 saturated heterocycles. The van der Waals surface area contributed by atoms with Crippen LogP contribution in [0.5, 0.6) is 5.75 Å². The summed E-state index contributed by atoms with van der Waals surface area (Å²) < 4.78 is 5.00. The van der Waals surface area contributed by atoms with E-state index in [1.807, 2.05) is 4.90 Å². The van der Waals surface area contributed by atoms with Crippen LogP contribution in [0.15, 0.2) is 24.3 Å². The second-order valence-corrected chi connectivity index (χ2v) is 5.25. The molecule has 1 aromatic rings. The van der Waals surface area contributed by atoms with Crippen molar-refractivity contribution in [2.45, 2.75) is 26.7 Å². The Morgan fingerprint density at radius 1 is 1.40 bits per heavy atom. The number of nitrogens with zero attached hydrogens (tertiary/aromatic N) is 1. The number of esters is 1. The van der Waals surface area contributed by atoms with Gasteiger partial charge in [0.25, 0.3) is 0 Å². The quantitative estimate of drug-likeness (QED) is 0.667. The highest BCUT2D eigenvalue weighted by atomic mass is 16.5. The Hall–Kier alpha value is -2.04. The van der Waals surface area contributed by atoms with E-state index in [9.17, 15) is 9.59 Å². The lowest BCUT2D eigenvalue weighted by molar-refractivity contribution is -0.131. The van der Waals surface area contributed by atoms with E-state index in [4.69, 9.17) is 4.74 Å². The minimum atomic E-state index is -0.377. The Morgan fingerprint density at radius 3 is 2.90 bits per heavy atom. The minimum Gasteiger partial charge on any atom is -0.427 e. The van der Waals surface area contributed by atoms with Crippen molar-refractivity contribution in [1.82, 2.24) is 4.90 Å². The highest BCUT2D eigenvalue weighted by molar-refractivity contribution is 5.89. The molecule has 0 saturated carbocycles. The number of amides is 2. The van der Waals surface area contributed by atoms with Gasteiger partial charge in [0.2, 0.25) is 0 Å². The first-order valence-electron chi connectivity index (χ1n) is 6.89. The largest absolute Gasteiger partial charge is 0.427 e. The van der Waals surface area contributed by atoms with Gasteiger partial charge < -0.3 is 15.0 Å². The summed E-state index contributed by atoms with van der Waals surface area (Å²) in [5, 5.41) is 2.84. The van der Waals surface area contributed by atoms with Crippen LogP contribution in [0.3, 0.4) is 0 Å². The highest BCUT2D eigenvalue weighted by Crippen LogP contribution is 2.20. The van der Waals surface area contributed by atoms with Crippen LogP contribution in [0.4, 0.5) is 10.5 Å². The number of piperidine rings is 1. The van der Waals surface area contributed by atoms with E-state index in [0.29, 0.717) is 17.4 Å². The van der Waals surface area contributed by atoms with Gasteiger partial charge in [-0.05, 0) is 30.9 Å². The van der Waals surface area contributed by atoms with E-state index < -0.39 is 0 Å². The van der Waals surface area contributed by atoms with Gasteiger partial charge in [0.1, 0.15) is 5.75 Å². The van der Waals surface area contributed by atoms with Crippen molar-refractivity contribution in [2.75, 3.05) is 18.4 Å². The number of ether oxygens (including phenoxy) is 1. The second kappa shape index (κ2) is 6.41. The smallest absolute Gasteiger partial charge is 0.321 e. The number of hydrogen-bond acceptors (Lipinski definition) is 3. The van der Waals surface area contributed by atoms with Gasteiger partial charge >= 0.3 is 12.0 Å². The van der Waals surface area contributed by atoms with Crippen molar-refractivity contribution >= 4 is 17.7 Å². The summed E-state index contributed by atoms with van der Waals surface area (Å²) in [5.41, 5.74) is 0.631. The number of rotatable bonds is 2. The first-order chi connectivity index (χ1) is 9.54. The van der Waals surface area contributed by atoms with Crippen molar-refractivity contribution in [3.8, 4) is 5.75 Å². The second-order valence-electron chi connectivity index (χ2n) is 5.25. The fourth-order valence-electron chi connectivity index (χ4n) is 2.38. The Morgan fingerprint density at radius 2 is 2.20 bits per heavy atom. The Balaban J connectivity index is 1.98. The first kappa shape index (κ1) is 14.4. The van der Waals surface area contributed by atoms with Gasteiger partial charge in [-0.3, -0.25) is 4.79 Å². The molecular formula is C15H20N2O3. The summed E-state index contributed by atoms with van der Waals surface area (Å²) >= 11 is 0. The normalized spacial score (nSPS) is 18.5. The van der Waals surface area contributed by atoms with Gasteiger partial charge in [-0.2, -0.15) is 0 Å². The van der Waals surface area contributed by atoms with Crippen molar-refractivity contribution < 1.29 is 14.3 Å². The molecule has 1 N–H and O–H groups in total. The standard InChI is InChI=1S/C15H20N2O3/c1-11-5-4-8-17(10-11)15(19)16-13-6-3-7-14(9-13)20-12(2)18/h3,6-7,9,11H,4-5,8,10H2,1-2H3,(H,16,19). The molecule has 5 heteroatoms. The summed E-state index contributed by atoms with van der Waals surface area (Å²) in [6.07, 6.45) is 2.22. The third-order valence-electron chi connectivity index (χ3n) is 3.29. The van der Waals surface area contributed by atoms with Crippen LogP contribution >= 0.6 is 0 Å². The monoisotopic (exact) mass is 276 g/mol. The fourth-order valence-corrected chi connectivity index (χ4v) is 2.38. The van der Waals surface area contributed by atoms with Crippen LogP contribution in [0.1, 0.15) is 26.7 Å². The average molecular weight is 276 g/mol.